The number of hydrogen-bond donors (Lipinski definition) is 1. The van der Waals surface area contributed by atoms with Crippen molar-refractivity contribution in [1.29, 1.82) is 0 Å². The smallest absolute Gasteiger partial charge is 0.252 e. The van der Waals surface area contributed by atoms with Crippen molar-refractivity contribution < 1.29 is 13.2 Å². The van der Waals surface area contributed by atoms with E-state index in [1.54, 1.807) is 17.5 Å². The van der Waals surface area contributed by atoms with E-state index in [0.717, 1.165) is 23.1 Å². The summed E-state index contributed by atoms with van der Waals surface area (Å²) < 4.78 is 28.7. The molecule has 1 unspecified atom stereocenters. The third-order valence-electron chi connectivity index (χ3n) is 4.59. The first-order chi connectivity index (χ1) is 13.0. The number of anilines is 1. The number of rotatable bonds is 5. The molecule has 1 N–H and O–H groups in total. The number of thiophene rings is 1. The molecule has 1 aliphatic heterocycles. The molecule has 4 rings (SSSR count). The van der Waals surface area contributed by atoms with Crippen molar-refractivity contribution in [1.82, 2.24) is 9.29 Å². The Balaban J connectivity index is 1.48. The van der Waals surface area contributed by atoms with Gasteiger partial charge in [0.15, 0.2) is 5.13 Å². The summed E-state index contributed by atoms with van der Waals surface area (Å²) in [5.74, 6) is -0.202. The Kier molecular flexibility index (Phi) is 5.27. The number of piperidine rings is 1. The zero-order valence-corrected chi connectivity index (χ0v) is 16.9. The highest BCUT2D eigenvalue weighted by atomic mass is 32.2. The van der Waals surface area contributed by atoms with Gasteiger partial charge < -0.3 is 5.32 Å². The molecule has 1 aromatic carbocycles. The molecule has 1 saturated heterocycles. The Labute approximate surface area is 165 Å². The Bertz CT molecular complexity index is 1010. The first kappa shape index (κ1) is 18.5. The number of nitrogens with zero attached hydrogens (tertiary/aromatic N) is 2. The monoisotopic (exact) mass is 421 g/mol. The van der Waals surface area contributed by atoms with Crippen LogP contribution in [0.15, 0.2) is 46.0 Å². The number of benzene rings is 1. The lowest BCUT2D eigenvalue weighted by Gasteiger charge is -2.33. The summed E-state index contributed by atoms with van der Waals surface area (Å²) >= 11 is 2.63. The number of carbonyl (C=O) groups is 1. The first-order valence-corrected chi connectivity index (χ1v) is 11.9. The fourth-order valence-electron chi connectivity index (χ4n) is 3.33. The molecular weight excluding hydrogens is 402 g/mol. The van der Waals surface area contributed by atoms with Crippen LogP contribution in [0.4, 0.5) is 5.13 Å². The lowest BCUT2D eigenvalue weighted by atomic mass is 10.0. The van der Waals surface area contributed by atoms with Crippen molar-refractivity contribution in [2.75, 3.05) is 11.9 Å². The molecule has 1 aliphatic rings. The molecule has 0 bridgehead atoms. The van der Waals surface area contributed by atoms with Gasteiger partial charge in [0.25, 0.3) is 10.0 Å². The van der Waals surface area contributed by atoms with Crippen molar-refractivity contribution in [3.8, 4) is 0 Å². The maximum atomic E-state index is 12.9. The average molecular weight is 422 g/mol. The lowest BCUT2D eigenvalue weighted by Crippen LogP contribution is -2.45. The van der Waals surface area contributed by atoms with E-state index in [1.807, 2.05) is 24.3 Å². The van der Waals surface area contributed by atoms with Crippen LogP contribution < -0.4 is 5.32 Å². The Morgan fingerprint density at radius 2 is 2.07 bits per heavy atom. The largest absolute Gasteiger partial charge is 0.302 e. The quantitative estimate of drug-likeness (QED) is 0.677. The number of aromatic nitrogens is 1. The Morgan fingerprint density at radius 1 is 1.22 bits per heavy atom. The number of sulfonamides is 1. The summed E-state index contributed by atoms with van der Waals surface area (Å²) in [7, 11) is -3.55. The van der Waals surface area contributed by atoms with Crippen LogP contribution in [0.5, 0.6) is 0 Å². The molecule has 142 valence electrons. The van der Waals surface area contributed by atoms with Gasteiger partial charge in [0, 0.05) is 19.0 Å². The highest BCUT2D eigenvalue weighted by Gasteiger charge is 2.35. The summed E-state index contributed by atoms with van der Waals surface area (Å²) in [5.41, 5.74) is 0.845. The Morgan fingerprint density at radius 3 is 2.85 bits per heavy atom. The van der Waals surface area contributed by atoms with E-state index >= 15 is 0 Å². The lowest BCUT2D eigenvalue weighted by molar-refractivity contribution is -0.117. The van der Waals surface area contributed by atoms with Crippen LogP contribution in [0, 0.1) is 0 Å². The predicted molar refractivity (Wildman–Crippen MR) is 109 cm³/mol. The fraction of sp³-hybridized carbons (Fsp3) is 0.333. The maximum Gasteiger partial charge on any atom is 0.252 e. The van der Waals surface area contributed by atoms with Crippen molar-refractivity contribution in [3.05, 3.63) is 41.8 Å². The van der Waals surface area contributed by atoms with E-state index in [2.05, 4.69) is 10.3 Å². The van der Waals surface area contributed by atoms with Gasteiger partial charge in [-0.2, -0.15) is 4.31 Å². The SMILES string of the molecule is O=C(CC1CCCCN1S(=O)(=O)c1cccs1)Nc1nc2ccccc2s1. The molecule has 6 nitrogen and oxygen atoms in total. The number of para-hydroxylation sites is 1. The van der Waals surface area contributed by atoms with Gasteiger partial charge in [0.2, 0.25) is 5.91 Å². The van der Waals surface area contributed by atoms with Crippen LogP contribution in [0.2, 0.25) is 0 Å². The van der Waals surface area contributed by atoms with Gasteiger partial charge in [-0.3, -0.25) is 4.79 Å². The molecule has 9 heteroatoms. The van der Waals surface area contributed by atoms with Gasteiger partial charge in [-0.1, -0.05) is 36.0 Å². The van der Waals surface area contributed by atoms with E-state index in [-0.39, 0.29) is 18.4 Å². The molecule has 0 radical (unpaired) electrons. The van der Waals surface area contributed by atoms with Gasteiger partial charge in [-0.15, -0.1) is 11.3 Å². The van der Waals surface area contributed by atoms with Gasteiger partial charge in [-0.05, 0) is 36.4 Å². The number of nitrogens with one attached hydrogen (secondary N) is 1. The molecule has 0 aliphatic carbocycles. The fourth-order valence-corrected chi connectivity index (χ4v) is 7.02. The molecule has 0 saturated carbocycles. The third kappa shape index (κ3) is 3.91. The number of hydrogen-bond acceptors (Lipinski definition) is 6. The maximum absolute atomic E-state index is 12.9. The summed E-state index contributed by atoms with van der Waals surface area (Å²) in [6, 6.07) is 10.7. The molecule has 27 heavy (non-hydrogen) atoms. The van der Waals surface area contributed by atoms with Crippen LogP contribution in [-0.2, 0) is 14.8 Å². The van der Waals surface area contributed by atoms with E-state index in [4.69, 9.17) is 0 Å². The summed E-state index contributed by atoms with van der Waals surface area (Å²) in [5, 5.41) is 5.14. The van der Waals surface area contributed by atoms with E-state index in [9.17, 15) is 13.2 Å². The first-order valence-electron chi connectivity index (χ1n) is 8.75. The van der Waals surface area contributed by atoms with Gasteiger partial charge >= 0.3 is 0 Å². The molecule has 2 aromatic heterocycles. The van der Waals surface area contributed by atoms with Crippen molar-refractivity contribution in [2.45, 2.75) is 35.9 Å². The minimum Gasteiger partial charge on any atom is -0.302 e. The van der Waals surface area contributed by atoms with Gasteiger partial charge in [0.1, 0.15) is 4.21 Å². The minimum atomic E-state index is -3.55. The molecular formula is C18H19N3O3S3. The number of thiazole rings is 1. The standard InChI is InChI=1S/C18H19N3O3S3/c22-16(20-18-19-14-7-1-2-8-15(14)26-18)12-13-6-3-4-10-21(13)27(23,24)17-9-5-11-25-17/h1-2,5,7-9,11,13H,3-4,6,10,12H2,(H,19,20,22). The molecule has 1 amide bonds. The van der Waals surface area contributed by atoms with Crippen molar-refractivity contribution in [2.24, 2.45) is 0 Å². The van der Waals surface area contributed by atoms with Gasteiger partial charge in [0.05, 0.1) is 10.2 Å². The molecule has 3 heterocycles. The second kappa shape index (κ2) is 7.67. The highest BCUT2D eigenvalue weighted by Crippen LogP contribution is 2.30. The Hall–Kier alpha value is -1.81. The van der Waals surface area contributed by atoms with Crippen LogP contribution in [0.3, 0.4) is 0 Å². The van der Waals surface area contributed by atoms with Crippen molar-refractivity contribution in [3.63, 3.8) is 0 Å². The number of fused-ring (bicyclic) bond motifs is 1. The molecule has 1 atom stereocenters. The summed E-state index contributed by atoms with van der Waals surface area (Å²) in [4.78, 5) is 17.0. The zero-order valence-electron chi connectivity index (χ0n) is 14.5. The van der Waals surface area contributed by atoms with E-state index in [1.165, 1.54) is 27.0 Å². The normalized spacial score (nSPS) is 18.6. The average Bonchev–Trinajstić information content (AvgIpc) is 3.31. The third-order valence-corrected chi connectivity index (χ3v) is 8.87. The van der Waals surface area contributed by atoms with Crippen LogP contribution in [-0.4, -0.2) is 36.2 Å². The number of amides is 1. The summed E-state index contributed by atoms with van der Waals surface area (Å²) in [6.45, 7) is 0.458. The predicted octanol–water partition coefficient (Wildman–Crippen LogP) is 3.93. The second-order valence-corrected chi connectivity index (χ2v) is 10.5. The molecule has 3 aromatic rings. The highest BCUT2D eigenvalue weighted by molar-refractivity contribution is 7.91. The van der Waals surface area contributed by atoms with Crippen LogP contribution in [0.25, 0.3) is 10.2 Å². The topological polar surface area (TPSA) is 79.4 Å². The molecule has 1 fully saturated rings. The second-order valence-electron chi connectivity index (χ2n) is 6.44. The zero-order chi connectivity index (χ0) is 18.9. The summed E-state index contributed by atoms with van der Waals surface area (Å²) in [6.07, 6.45) is 2.58. The van der Waals surface area contributed by atoms with Gasteiger partial charge in [-0.25, -0.2) is 13.4 Å². The minimum absolute atomic E-state index is 0.139. The number of carbonyl (C=O) groups excluding carboxylic acids is 1. The van der Waals surface area contributed by atoms with E-state index in [0.29, 0.717) is 22.3 Å². The molecule has 0 spiro atoms. The van der Waals surface area contributed by atoms with Crippen molar-refractivity contribution >= 4 is 54.0 Å². The van der Waals surface area contributed by atoms with E-state index < -0.39 is 10.0 Å². The van der Waals surface area contributed by atoms with Crippen LogP contribution >= 0.6 is 22.7 Å². The van der Waals surface area contributed by atoms with Crippen LogP contribution in [0.1, 0.15) is 25.7 Å².